The fourth-order valence-corrected chi connectivity index (χ4v) is 3.56. The second-order valence-electron chi connectivity index (χ2n) is 5.95. The van der Waals surface area contributed by atoms with Crippen LogP contribution in [0, 0.1) is 26.7 Å². The Morgan fingerprint density at radius 3 is 2.15 bits per heavy atom. The molecule has 0 N–H and O–H groups in total. The quantitative estimate of drug-likeness (QED) is 0.757. The normalized spacial score (nSPS) is 11.9. The van der Waals surface area contributed by atoms with Gasteiger partial charge in [0.15, 0.2) is 15.6 Å². The highest BCUT2D eigenvalue weighted by atomic mass is 32.2. The standard InChI is InChI=1S/C16H24O3S/c1-11(2)6-7-20(18,19)10-16(17)15-9-13(4)12(3)8-14(15)5/h8-9,11H,6-7,10H2,1-5H3. The lowest BCUT2D eigenvalue weighted by Crippen LogP contribution is -2.20. The third-order valence-corrected chi connectivity index (χ3v) is 5.06. The van der Waals surface area contributed by atoms with Crippen LogP contribution >= 0.6 is 0 Å². The Bertz CT molecular complexity index is 598. The van der Waals surface area contributed by atoms with E-state index in [1.807, 2.05) is 40.7 Å². The van der Waals surface area contributed by atoms with E-state index in [0.717, 1.165) is 16.7 Å². The Labute approximate surface area is 122 Å². The molecule has 0 spiro atoms. The molecule has 3 nitrogen and oxygen atoms in total. The molecule has 1 aromatic carbocycles. The van der Waals surface area contributed by atoms with Gasteiger partial charge in [0.25, 0.3) is 0 Å². The molecule has 0 atom stereocenters. The number of ketones is 1. The summed E-state index contributed by atoms with van der Waals surface area (Å²) >= 11 is 0. The van der Waals surface area contributed by atoms with Crippen molar-refractivity contribution in [1.82, 2.24) is 0 Å². The zero-order valence-corrected chi connectivity index (χ0v) is 13.8. The minimum absolute atomic E-state index is 0.0836. The van der Waals surface area contributed by atoms with Crippen molar-refractivity contribution in [3.63, 3.8) is 0 Å². The minimum atomic E-state index is -3.31. The van der Waals surface area contributed by atoms with Crippen LogP contribution in [-0.2, 0) is 9.84 Å². The predicted octanol–water partition coefficient (Wildman–Crippen LogP) is 3.26. The summed E-state index contributed by atoms with van der Waals surface area (Å²) in [5, 5.41) is 0. The molecule has 0 aromatic heterocycles. The largest absolute Gasteiger partial charge is 0.293 e. The summed E-state index contributed by atoms with van der Waals surface area (Å²) in [5.74, 6) is -0.277. The highest BCUT2D eigenvalue weighted by Crippen LogP contribution is 2.17. The van der Waals surface area contributed by atoms with Crippen molar-refractivity contribution < 1.29 is 13.2 Å². The first-order valence-electron chi connectivity index (χ1n) is 6.94. The van der Waals surface area contributed by atoms with Crippen LogP contribution < -0.4 is 0 Å². The van der Waals surface area contributed by atoms with Gasteiger partial charge in [-0.3, -0.25) is 4.79 Å². The van der Waals surface area contributed by atoms with Gasteiger partial charge < -0.3 is 0 Å². The first-order valence-corrected chi connectivity index (χ1v) is 8.76. The van der Waals surface area contributed by atoms with Crippen molar-refractivity contribution in [2.24, 2.45) is 5.92 Å². The van der Waals surface area contributed by atoms with Crippen LogP contribution in [0.3, 0.4) is 0 Å². The van der Waals surface area contributed by atoms with Crippen LogP contribution in [-0.4, -0.2) is 25.7 Å². The molecule has 0 aliphatic rings. The Morgan fingerprint density at radius 1 is 1.05 bits per heavy atom. The number of Topliss-reactive ketones (excluding diaryl/α,β-unsaturated/α-hetero) is 1. The highest BCUT2D eigenvalue weighted by molar-refractivity contribution is 7.92. The van der Waals surface area contributed by atoms with Gasteiger partial charge in [0.1, 0.15) is 5.75 Å². The van der Waals surface area contributed by atoms with E-state index in [0.29, 0.717) is 17.9 Å². The lowest BCUT2D eigenvalue weighted by atomic mass is 9.99. The summed E-state index contributed by atoms with van der Waals surface area (Å²) in [5.41, 5.74) is 3.50. The highest BCUT2D eigenvalue weighted by Gasteiger charge is 2.20. The van der Waals surface area contributed by atoms with E-state index in [4.69, 9.17) is 0 Å². The van der Waals surface area contributed by atoms with Crippen molar-refractivity contribution >= 4 is 15.6 Å². The van der Waals surface area contributed by atoms with E-state index in [-0.39, 0.29) is 17.3 Å². The number of sulfone groups is 1. The maximum Gasteiger partial charge on any atom is 0.178 e. The fraction of sp³-hybridized carbons (Fsp3) is 0.562. The van der Waals surface area contributed by atoms with E-state index in [2.05, 4.69) is 0 Å². The molecule has 0 unspecified atom stereocenters. The molecule has 0 radical (unpaired) electrons. The molecule has 1 aromatic rings. The first-order chi connectivity index (χ1) is 9.12. The van der Waals surface area contributed by atoms with Crippen LogP contribution in [0.1, 0.15) is 47.3 Å². The van der Waals surface area contributed by atoms with Gasteiger partial charge in [-0.2, -0.15) is 0 Å². The van der Waals surface area contributed by atoms with E-state index in [1.165, 1.54) is 0 Å². The molecule has 112 valence electrons. The molecule has 0 bridgehead atoms. The maximum atomic E-state index is 12.2. The molecule has 0 saturated heterocycles. The minimum Gasteiger partial charge on any atom is -0.293 e. The van der Waals surface area contributed by atoms with Crippen molar-refractivity contribution in [2.75, 3.05) is 11.5 Å². The summed E-state index contributed by atoms with van der Waals surface area (Å²) in [4.78, 5) is 12.2. The average molecular weight is 296 g/mol. The number of carbonyl (C=O) groups excluding carboxylic acids is 1. The topological polar surface area (TPSA) is 51.2 Å². The third kappa shape index (κ3) is 4.75. The number of carbonyl (C=O) groups is 1. The van der Waals surface area contributed by atoms with Crippen molar-refractivity contribution in [3.05, 3.63) is 34.4 Å². The molecule has 0 fully saturated rings. The van der Waals surface area contributed by atoms with Crippen LogP contribution in [0.25, 0.3) is 0 Å². The Morgan fingerprint density at radius 2 is 1.60 bits per heavy atom. The van der Waals surface area contributed by atoms with Crippen molar-refractivity contribution in [1.29, 1.82) is 0 Å². The number of benzene rings is 1. The first kappa shape index (κ1) is 16.9. The molecule has 4 heteroatoms. The summed E-state index contributed by atoms with van der Waals surface area (Å²) in [6, 6.07) is 3.73. The van der Waals surface area contributed by atoms with E-state index in [9.17, 15) is 13.2 Å². The predicted molar refractivity (Wildman–Crippen MR) is 83.1 cm³/mol. The molecule has 0 amide bonds. The van der Waals surface area contributed by atoms with E-state index >= 15 is 0 Å². The van der Waals surface area contributed by atoms with Crippen LogP contribution in [0.15, 0.2) is 12.1 Å². The number of hydrogen-bond acceptors (Lipinski definition) is 3. The summed E-state index contributed by atoms with van der Waals surface area (Å²) in [6.07, 6.45) is 0.599. The smallest absolute Gasteiger partial charge is 0.178 e. The monoisotopic (exact) mass is 296 g/mol. The zero-order valence-electron chi connectivity index (χ0n) is 13.0. The SMILES string of the molecule is Cc1cc(C)c(C(=O)CS(=O)(=O)CCC(C)C)cc1C. The summed E-state index contributed by atoms with van der Waals surface area (Å²) < 4.78 is 23.9. The molecule has 0 heterocycles. The summed E-state index contributed by atoms with van der Waals surface area (Å²) in [6.45, 7) is 9.71. The zero-order chi connectivity index (χ0) is 15.5. The Balaban J connectivity index is 2.89. The number of rotatable bonds is 6. The average Bonchev–Trinajstić information content (AvgIpc) is 2.30. The summed E-state index contributed by atoms with van der Waals surface area (Å²) in [7, 11) is -3.31. The van der Waals surface area contributed by atoms with Gasteiger partial charge in [-0.25, -0.2) is 8.42 Å². The molecular weight excluding hydrogens is 272 g/mol. The molecular formula is C16H24O3S. The van der Waals surface area contributed by atoms with Gasteiger partial charge >= 0.3 is 0 Å². The molecule has 1 rings (SSSR count). The molecule has 0 aliphatic heterocycles. The fourth-order valence-electron chi connectivity index (χ4n) is 2.03. The Hall–Kier alpha value is -1.16. The molecule has 0 saturated carbocycles. The van der Waals surface area contributed by atoms with Crippen LogP contribution in [0.5, 0.6) is 0 Å². The second-order valence-corrected chi connectivity index (χ2v) is 8.13. The van der Waals surface area contributed by atoms with E-state index in [1.54, 1.807) is 6.07 Å². The lowest BCUT2D eigenvalue weighted by molar-refractivity contribution is 0.102. The van der Waals surface area contributed by atoms with Gasteiger partial charge in [-0.15, -0.1) is 0 Å². The lowest BCUT2D eigenvalue weighted by Gasteiger charge is -2.10. The van der Waals surface area contributed by atoms with Gasteiger partial charge in [-0.1, -0.05) is 19.9 Å². The van der Waals surface area contributed by atoms with Crippen molar-refractivity contribution in [2.45, 2.75) is 41.0 Å². The Kier molecular flexibility index (Phi) is 5.51. The van der Waals surface area contributed by atoms with Crippen LogP contribution in [0.2, 0.25) is 0 Å². The third-order valence-electron chi connectivity index (χ3n) is 3.50. The molecule has 20 heavy (non-hydrogen) atoms. The van der Waals surface area contributed by atoms with Gasteiger partial charge in [-0.05, 0) is 55.9 Å². The second kappa shape index (κ2) is 6.53. The van der Waals surface area contributed by atoms with E-state index < -0.39 is 9.84 Å². The van der Waals surface area contributed by atoms with Gasteiger partial charge in [0, 0.05) is 5.56 Å². The van der Waals surface area contributed by atoms with Gasteiger partial charge in [0.2, 0.25) is 0 Å². The molecule has 0 aliphatic carbocycles. The number of aryl methyl sites for hydroxylation is 3. The maximum absolute atomic E-state index is 12.2. The van der Waals surface area contributed by atoms with Gasteiger partial charge in [0.05, 0.1) is 5.75 Å². The van der Waals surface area contributed by atoms with Crippen molar-refractivity contribution in [3.8, 4) is 0 Å². The van der Waals surface area contributed by atoms with Crippen LogP contribution in [0.4, 0.5) is 0 Å². The number of hydrogen-bond donors (Lipinski definition) is 0.